The van der Waals surface area contributed by atoms with Gasteiger partial charge in [-0.05, 0) is 6.92 Å². The molecule has 1 aromatic heterocycles. The van der Waals surface area contributed by atoms with Gasteiger partial charge in [0, 0.05) is 24.3 Å². The monoisotopic (exact) mass is 168 g/mol. The summed E-state index contributed by atoms with van der Waals surface area (Å²) >= 11 is 0. The van der Waals surface area contributed by atoms with Crippen LogP contribution in [0.4, 0.5) is 0 Å². The van der Waals surface area contributed by atoms with Crippen molar-refractivity contribution in [3.63, 3.8) is 0 Å². The van der Waals surface area contributed by atoms with Crippen LogP contribution in [0.1, 0.15) is 11.3 Å². The van der Waals surface area contributed by atoms with Crippen LogP contribution in [0, 0.1) is 6.92 Å². The standard InChI is InChI=1S/C8H12N2O2/c1-6-7(3-4-11)8(12-2)10-5-9-6/h5,11H,3-4H2,1-2H3. The fourth-order valence-corrected chi connectivity index (χ4v) is 1.05. The molecule has 0 bridgehead atoms. The van der Waals surface area contributed by atoms with Crippen molar-refractivity contribution in [2.24, 2.45) is 0 Å². The quantitative estimate of drug-likeness (QED) is 0.706. The van der Waals surface area contributed by atoms with Crippen molar-refractivity contribution in [3.05, 3.63) is 17.6 Å². The van der Waals surface area contributed by atoms with Gasteiger partial charge < -0.3 is 9.84 Å². The van der Waals surface area contributed by atoms with Crippen LogP contribution < -0.4 is 4.74 Å². The molecule has 0 aliphatic heterocycles. The molecular formula is C8H12N2O2. The number of hydrogen-bond acceptors (Lipinski definition) is 4. The highest BCUT2D eigenvalue weighted by molar-refractivity contribution is 5.28. The van der Waals surface area contributed by atoms with Crippen molar-refractivity contribution < 1.29 is 9.84 Å². The molecule has 0 aliphatic rings. The van der Waals surface area contributed by atoms with Crippen LogP contribution in [0.2, 0.25) is 0 Å². The highest BCUT2D eigenvalue weighted by Crippen LogP contribution is 2.16. The summed E-state index contributed by atoms with van der Waals surface area (Å²) < 4.78 is 5.02. The molecule has 0 saturated heterocycles. The van der Waals surface area contributed by atoms with E-state index in [1.54, 1.807) is 7.11 Å². The Bertz CT molecular complexity index is 263. The van der Waals surface area contributed by atoms with Gasteiger partial charge in [0.2, 0.25) is 5.88 Å². The molecular weight excluding hydrogens is 156 g/mol. The maximum Gasteiger partial charge on any atom is 0.219 e. The number of hydrogen-bond donors (Lipinski definition) is 1. The number of nitrogens with zero attached hydrogens (tertiary/aromatic N) is 2. The lowest BCUT2D eigenvalue weighted by Gasteiger charge is -2.06. The average molecular weight is 168 g/mol. The SMILES string of the molecule is COc1ncnc(C)c1CCO. The highest BCUT2D eigenvalue weighted by atomic mass is 16.5. The summed E-state index contributed by atoms with van der Waals surface area (Å²) in [4.78, 5) is 7.94. The predicted molar refractivity (Wildman–Crippen MR) is 44.1 cm³/mol. The van der Waals surface area contributed by atoms with Gasteiger partial charge in [0.15, 0.2) is 0 Å². The van der Waals surface area contributed by atoms with Crippen LogP contribution in [0.15, 0.2) is 6.33 Å². The van der Waals surface area contributed by atoms with Gasteiger partial charge in [-0.15, -0.1) is 0 Å². The third-order valence-corrected chi connectivity index (χ3v) is 1.68. The molecule has 1 rings (SSSR count). The number of aryl methyl sites for hydroxylation is 1. The number of aliphatic hydroxyl groups excluding tert-OH is 1. The van der Waals surface area contributed by atoms with E-state index in [-0.39, 0.29) is 6.61 Å². The minimum atomic E-state index is 0.0879. The largest absolute Gasteiger partial charge is 0.481 e. The molecule has 4 nitrogen and oxygen atoms in total. The first-order chi connectivity index (χ1) is 5.79. The second-order valence-electron chi connectivity index (χ2n) is 2.42. The molecule has 4 heteroatoms. The minimum absolute atomic E-state index is 0.0879. The first-order valence-corrected chi connectivity index (χ1v) is 3.75. The van der Waals surface area contributed by atoms with Crippen LogP contribution in [-0.2, 0) is 6.42 Å². The van der Waals surface area contributed by atoms with Gasteiger partial charge in [0.1, 0.15) is 6.33 Å². The van der Waals surface area contributed by atoms with E-state index in [1.165, 1.54) is 6.33 Å². The summed E-state index contributed by atoms with van der Waals surface area (Å²) in [6, 6.07) is 0. The van der Waals surface area contributed by atoms with Gasteiger partial charge in [0.25, 0.3) is 0 Å². The molecule has 0 aromatic carbocycles. The van der Waals surface area contributed by atoms with Gasteiger partial charge in [-0.1, -0.05) is 0 Å². The fraction of sp³-hybridized carbons (Fsp3) is 0.500. The number of rotatable bonds is 3. The molecule has 0 saturated carbocycles. The van der Waals surface area contributed by atoms with E-state index < -0.39 is 0 Å². The van der Waals surface area contributed by atoms with Crippen molar-refractivity contribution >= 4 is 0 Å². The van der Waals surface area contributed by atoms with Crippen molar-refractivity contribution in [2.75, 3.05) is 13.7 Å². The average Bonchev–Trinajstić information content (AvgIpc) is 2.09. The number of methoxy groups -OCH3 is 1. The molecule has 12 heavy (non-hydrogen) atoms. The van der Waals surface area contributed by atoms with E-state index in [2.05, 4.69) is 9.97 Å². The molecule has 66 valence electrons. The van der Waals surface area contributed by atoms with Crippen molar-refractivity contribution in [2.45, 2.75) is 13.3 Å². The molecule has 0 aliphatic carbocycles. The first kappa shape index (κ1) is 8.93. The summed E-state index contributed by atoms with van der Waals surface area (Å²) in [5.41, 5.74) is 1.73. The van der Waals surface area contributed by atoms with Crippen LogP contribution in [-0.4, -0.2) is 28.8 Å². The molecule has 0 atom stereocenters. The van der Waals surface area contributed by atoms with Crippen LogP contribution in [0.5, 0.6) is 5.88 Å². The van der Waals surface area contributed by atoms with E-state index in [4.69, 9.17) is 9.84 Å². The summed E-state index contributed by atoms with van der Waals surface area (Å²) in [5.74, 6) is 0.552. The lowest BCUT2D eigenvalue weighted by molar-refractivity contribution is 0.295. The first-order valence-electron chi connectivity index (χ1n) is 3.75. The lowest BCUT2D eigenvalue weighted by atomic mass is 10.2. The van der Waals surface area contributed by atoms with E-state index in [9.17, 15) is 0 Å². The zero-order valence-electron chi connectivity index (χ0n) is 7.24. The van der Waals surface area contributed by atoms with E-state index in [1.807, 2.05) is 6.92 Å². The Labute approximate surface area is 71.2 Å². The molecule has 1 aromatic rings. The zero-order valence-corrected chi connectivity index (χ0v) is 7.24. The molecule has 1 heterocycles. The lowest BCUT2D eigenvalue weighted by Crippen LogP contribution is -2.02. The molecule has 0 radical (unpaired) electrons. The van der Waals surface area contributed by atoms with E-state index in [0.29, 0.717) is 12.3 Å². The second-order valence-corrected chi connectivity index (χ2v) is 2.42. The minimum Gasteiger partial charge on any atom is -0.481 e. The Morgan fingerprint density at radius 1 is 1.50 bits per heavy atom. The number of aliphatic hydroxyl groups is 1. The summed E-state index contributed by atoms with van der Waals surface area (Å²) in [6.45, 7) is 1.96. The Morgan fingerprint density at radius 2 is 2.25 bits per heavy atom. The normalized spacial score (nSPS) is 9.92. The van der Waals surface area contributed by atoms with E-state index in [0.717, 1.165) is 11.3 Å². The Kier molecular flexibility index (Phi) is 2.99. The predicted octanol–water partition coefficient (Wildman–Crippen LogP) is 0.328. The summed E-state index contributed by atoms with van der Waals surface area (Å²) in [6.07, 6.45) is 1.99. The second kappa shape index (κ2) is 4.01. The van der Waals surface area contributed by atoms with Gasteiger partial charge in [-0.2, -0.15) is 0 Å². The molecule has 0 unspecified atom stereocenters. The van der Waals surface area contributed by atoms with Crippen molar-refractivity contribution in [3.8, 4) is 5.88 Å². The fourth-order valence-electron chi connectivity index (χ4n) is 1.05. The van der Waals surface area contributed by atoms with Gasteiger partial charge in [-0.3, -0.25) is 0 Å². The Hall–Kier alpha value is -1.16. The molecule has 0 fully saturated rings. The zero-order chi connectivity index (χ0) is 8.97. The summed E-state index contributed by atoms with van der Waals surface area (Å²) in [5, 5.41) is 8.75. The van der Waals surface area contributed by atoms with Gasteiger partial charge in [-0.25, -0.2) is 9.97 Å². The van der Waals surface area contributed by atoms with Crippen LogP contribution in [0.25, 0.3) is 0 Å². The Balaban J connectivity index is 3.02. The third-order valence-electron chi connectivity index (χ3n) is 1.68. The molecule has 1 N–H and O–H groups in total. The van der Waals surface area contributed by atoms with Crippen LogP contribution >= 0.6 is 0 Å². The topological polar surface area (TPSA) is 55.2 Å². The van der Waals surface area contributed by atoms with Crippen molar-refractivity contribution in [1.82, 2.24) is 9.97 Å². The maximum absolute atomic E-state index is 8.75. The number of aromatic nitrogens is 2. The van der Waals surface area contributed by atoms with Gasteiger partial charge in [0.05, 0.1) is 7.11 Å². The van der Waals surface area contributed by atoms with Crippen molar-refractivity contribution in [1.29, 1.82) is 0 Å². The number of ether oxygens (including phenoxy) is 1. The van der Waals surface area contributed by atoms with E-state index >= 15 is 0 Å². The van der Waals surface area contributed by atoms with Gasteiger partial charge >= 0.3 is 0 Å². The molecule has 0 amide bonds. The summed E-state index contributed by atoms with van der Waals surface area (Å²) in [7, 11) is 1.56. The maximum atomic E-state index is 8.75. The Morgan fingerprint density at radius 3 is 2.83 bits per heavy atom. The highest BCUT2D eigenvalue weighted by Gasteiger charge is 2.06. The smallest absolute Gasteiger partial charge is 0.219 e. The third kappa shape index (κ3) is 1.71. The van der Waals surface area contributed by atoms with Crippen LogP contribution in [0.3, 0.4) is 0 Å². The molecule has 0 spiro atoms.